The molecule has 0 bridgehead atoms. The third-order valence-corrected chi connectivity index (χ3v) is 2.35. The molecular formula is C12H12F3N3O. The van der Waals surface area contributed by atoms with E-state index in [0.29, 0.717) is 6.67 Å². The molecule has 0 aliphatic rings. The van der Waals surface area contributed by atoms with Crippen LogP contribution in [0.3, 0.4) is 0 Å². The number of hydrogen-bond donors (Lipinski definition) is 1. The molecule has 4 nitrogen and oxygen atoms in total. The van der Waals surface area contributed by atoms with Crippen molar-refractivity contribution in [1.82, 2.24) is 15.1 Å². The van der Waals surface area contributed by atoms with Crippen molar-refractivity contribution in [3.8, 4) is 11.5 Å². The summed E-state index contributed by atoms with van der Waals surface area (Å²) in [6.07, 6.45) is -1.56. The van der Waals surface area contributed by atoms with Crippen molar-refractivity contribution in [2.45, 2.75) is 12.8 Å². The topological polar surface area (TPSA) is 39.1 Å². The molecule has 2 aromatic rings. The Morgan fingerprint density at radius 2 is 2.05 bits per heavy atom. The molecule has 0 atom stereocenters. The largest absolute Gasteiger partial charge is 0.453 e. The molecular weight excluding hydrogens is 259 g/mol. The summed E-state index contributed by atoms with van der Waals surface area (Å²) in [6.45, 7) is 0.449. The van der Waals surface area contributed by atoms with Gasteiger partial charge in [0.1, 0.15) is 5.75 Å². The van der Waals surface area contributed by atoms with Crippen LogP contribution in [0.25, 0.3) is 0 Å². The summed E-state index contributed by atoms with van der Waals surface area (Å²) >= 11 is 0. The summed E-state index contributed by atoms with van der Waals surface area (Å²) in [7, 11) is 1.74. The van der Waals surface area contributed by atoms with Crippen molar-refractivity contribution >= 4 is 0 Å². The zero-order chi connectivity index (χ0) is 13.9. The van der Waals surface area contributed by atoms with E-state index in [1.165, 1.54) is 35.3 Å². The van der Waals surface area contributed by atoms with Gasteiger partial charge < -0.3 is 10.1 Å². The summed E-state index contributed by atoms with van der Waals surface area (Å²) in [5.74, 6) is 0.0194. The van der Waals surface area contributed by atoms with E-state index >= 15 is 0 Å². The minimum absolute atomic E-state index is 0.237. The number of para-hydroxylation sites is 1. The van der Waals surface area contributed by atoms with Gasteiger partial charge in [-0.2, -0.15) is 18.3 Å². The lowest BCUT2D eigenvalue weighted by Gasteiger charge is -2.12. The van der Waals surface area contributed by atoms with E-state index in [1.807, 2.05) is 0 Å². The Labute approximate surface area is 107 Å². The molecule has 0 fully saturated rings. The highest BCUT2D eigenvalue weighted by molar-refractivity contribution is 5.38. The molecule has 1 aromatic heterocycles. The normalized spacial score (nSPS) is 11.6. The monoisotopic (exact) mass is 271 g/mol. The highest BCUT2D eigenvalue weighted by atomic mass is 19.4. The predicted octanol–water partition coefficient (Wildman–Crippen LogP) is 2.87. The number of benzene rings is 1. The summed E-state index contributed by atoms with van der Waals surface area (Å²) in [5, 5.41) is 6.80. The van der Waals surface area contributed by atoms with Crippen molar-refractivity contribution in [3.05, 3.63) is 42.2 Å². The Morgan fingerprint density at radius 1 is 1.32 bits per heavy atom. The molecule has 0 amide bonds. The van der Waals surface area contributed by atoms with Crippen LogP contribution in [0, 0.1) is 0 Å². The van der Waals surface area contributed by atoms with E-state index in [4.69, 9.17) is 4.74 Å². The Morgan fingerprint density at radius 3 is 2.74 bits per heavy atom. The summed E-state index contributed by atoms with van der Waals surface area (Å²) in [5.41, 5.74) is -0.809. The van der Waals surface area contributed by atoms with Gasteiger partial charge in [-0.15, -0.1) is 0 Å². The SMILES string of the molecule is CNCn1cc(Oc2ccccc2C(F)(F)F)cn1. The van der Waals surface area contributed by atoms with Gasteiger partial charge in [0.25, 0.3) is 0 Å². The summed E-state index contributed by atoms with van der Waals surface area (Å²) in [6, 6.07) is 5.06. The van der Waals surface area contributed by atoms with Gasteiger partial charge in [0.15, 0.2) is 5.75 Å². The fraction of sp³-hybridized carbons (Fsp3) is 0.250. The van der Waals surface area contributed by atoms with Gasteiger partial charge in [-0.3, -0.25) is 4.68 Å². The maximum Gasteiger partial charge on any atom is 0.419 e. The molecule has 0 aliphatic carbocycles. The van der Waals surface area contributed by atoms with Crippen LogP contribution < -0.4 is 10.1 Å². The minimum Gasteiger partial charge on any atom is -0.453 e. The van der Waals surface area contributed by atoms with Crippen LogP contribution >= 0.6 is 0 Å². The third-order valence-electron chi connectivity index (χ3n) is 2.35. The van der Waals surface area contributed by atoms with E-state index in [2.05, 4.69) is 10.4 Å². The van der Waals surface area contributed by atoms with E-state index in [-0.39, 0.29) is 11.5 Å². The lowest BCUT2D eigenvalue weighted by molar-refractivity contribution is -0.138. The molecule has 0 spiro atoms. The molecule has 0 unspecified atom stereocenters. The zero-order valence-electron chi connectivity index (χ0n) is 10.1. The molecule has 1 N–H and O–H groups in total. The number of alkyl halides is 3. The van der Waals surface area contributed by atoms with Crippen LogP contribution in [0.5, 0.6) is 11.5 Å². The smallest absolute Gasteiger partial charge is 0.419 e. The molecule has 0 radical (unpaired) electrons. The number of nitrogens with zero attached hydrogens (tertiary/aromatic N) is 2. The van der Waals surface area contributed by atoms with Crippen LogP contribution in [-0.2, 0) is 12.8 Å². The van der Waals surface area contributed by atoms with Gasteiger partial charge in [0.05, 0.1) is 24.6 Å². The molecule has 1 aromatic carbocycles. The standard InChI is InChI=1S/C12H12F3N3O/c1-16-8-18-7-9(6-17-18)19-11-5-3-2-4-10(11)12(13,14)15/h2-7,16H,8H2,1H3. The Kier molecular flexibility index (Phi) is 3.75. The Hall–Kier alpha value is -2.02. The molecule has 19 heavy (non-hydrogen) atoms. The quantitative estimate of drug-likeness (QED) is 0.929. The average molecular weight is 271 g/mol. The second-order valence-corrected chi connectivity index (χ2v) is 3.82. The number of hydrogen-bond acceptors (Lipinski definition) is 3. The maximum atomic E-state index is 12.8. The maximum absolute atomic E-state index is 12.8. The van der Waals surface area contributed by atoms with Gasteiger partial charge >= 0.3 is 6.18 Å². The number of rotatable bonds is 4. The minimum atomic E-state index is -4.45. The molecule has 0 aliphatic heterocycles. The first-order valence-electron chi connectivity index (χ1n) is 5.52. The second-order valence-electron chi connectivity index (χ2n) is 3.82. The molecule has 2 rings (SSSR count). The lowest BCUT2D eigenvalue weighted by Crippen LogP contribution is -2.12. The summed E-state index contributed by atoms with van der Waals surface area (Å²) < 4.78 is 45.0. The van der Waals surface area contributed by atoms with Gasteiger partial charge in [-0.05, 0) is 19.2 Å². The van der Waals surface area contributed by atoms with Crippen molar-refractivity contribution < 1.29 is 17.9 Å². The van der Waals surface area contributed by atoms with Gasteiger partial charge in [0.2, 0.25) is 0 Å². The highest BCUT2D eigenvalue weighted by Gasteiger charge is 2.34. The molecule has 7 heteroatoms. The van der Waals surface area contributed by atoms with Crippen molar-refractivity contribution in [2.24, 2.45) is 0 Å². The molecule has 0 saturated carbocycles. The van der Waals surface area contributed by atoms with Gasteiger partial charge in [-0.25, -0.2) is 0 Å². The average Bonchev–Trinajstić information content (AvgIpc) is 2.76. The van der Waals surface area contributed by atoms with Crippen LogP contribution in [0.2, 0.25) is 0 Å². The number of nitrogens with one attached hydrogen (secondary N) is 1. The second kappa shape index (κ2) is 5.31. The Bertz CT molecular complexity index is 551. The van der Waals surface area contributed by atoms with E-state index in [1.54, 1.807) is 7.05 Å². The number of aromatic nitrogens is 2. The predicted molar refractivity (Wildman–Crippen MR) is 62.8 cm³/mol. The summed E-state index contributed by atoms with van der Waals surface area (Å²) in [4.78, 5) is 0. The number of ether oxygens (including phenoxy) is 1. The Balaban J connectivity index is 2.23. The molecule has 0 saturated heterocycles. The molecule has 1 heterocycles. The fourth-order valence-electron chi connectivity index (χ4n) is 1.56. The fourth-order valence-corrected chi connectivity index (χ4v) is 1.56. The van der Waals surface area contributed by atoms with E-state index < -0.39 is 11.7 Å². The van der Waals surface area contributed by atoms with Crippen molar-refractivity contribution in [1.29, 1.82) is 0 Å². The van der Waals surface area contributed by atoms with E-state index in [0.717, 1.165) is 6.07 Å². The van der Waals surface area contributed by atoms with Crippen LogP contribution in [0.4, 0.5) is 13.2 Å². The van der Waals surface area contributed by atoms with Gasteiger partial charge in [-0.1, -0.05) is 12.1 Å². The third kappa shape index (κ3) is 3.25. The van der Waals surface area contributed by atoms with Gasteiger partial charge in [0, 0.05) is 0 Å². The van der Waals surface area contributed by atoms with Crippen molar-refractivity contribution in [2.75, 3.05) is 7.05 Å². The first-order chi connectivity index (χ1) is 9.00. The first kappa shape index (κ1) is 13.4. The number of halogens is 3. The highest BCUT2D eigenvalue weighted by Crippen LogP contribution is 2.37. The zero-order valence-corrected chi connectivity index (χ0v) is 10.1. The lowest BCUT2D eigenvalue weighted by atomic mass is 10.2. The van der Waals surface area contributed by atoms with Crippen LogP contribution in [0.1, 0.15) is 5.56 Å². The van der Waals surface area contributed by atoms with E-state index in [9.17, 15) is 13.2 Å². The van der Waals surface area contributed by atoms with Crippen LogP contribution in [-0.4, -0.2) is 16.8 Å². The van der Waals surface area contributed by atoms with Crippen molar-refractivity contribution in [3.63, 3.8) is 0 Å². The molecule has 102 valence electrons. The van der Waals surface area contributed by atoms with Crippen LogP contribution in [0.15, 0.2) is 36.7 Å². The first-order valence-corrected chi connectivity index (χ1v) is 5.52.